The number of fused-ring (bicyclic) bond motifs is 2. The van der Waals surface area contributed by atoms with E-state index in [1.54, 1.807) is 4.57 Å². The van der Waals surface area contributed by atoms with Crippen molar-refractivity contribution in [3.8, 4) is 0 Å². The fraction of sp³-hybridized carbons (Fsp3) is 0.615. The first-order valence-electron chi connectivity index (χ1n) is 15.1. The first kappa shape index (κ1) is 34.2. The average molecular weight is 695 g/mol. The van der Waals surface area contributed by atoms with Crippen LogP contribution in [-0.2, 0) is 27.8 Å². The summed E-state index contributed by atoms with van der Waals surface area (Å²) in [4.78, 5) is 37.4. The number of rotatable bonds is 14. The summed E-state index contributed by atoms with van der Waals surface area (Å²) in [7, 11) is 1.10. The van der Waals surface area contributed by atoms with Crippen LogP contribution in [0.25, 0.3) is 22.3 Å². The number of aliphatic hydroxyl groups excluding tert-OH is 2. The van der Waals surface area contributed by atoms with Gasteiger partial charge in [0.05, 0.1) is 25.9 Å². The predicted octanol–water partition coefficient (Wildman–Crippen LogP) is -1.27. The van der Waals surface area contributed by atoms with Crippen LogP contribution in [0.4, 0.5) is 11.8 Å². The standard InChI is InChI=1S/C26H39N12O9P/c1-36(2)6-4-5-33-48(42,47-13-7-16(45-14(13)8-39)37-11-32-18-23(37)34-26(28)35-24(18)41)44-9-15-19(40)20(43-3)25(46-15)38-12-31-17-21(27)29-10-30-22(17)38/h10-16,19-20,25,39-40H,4-9H2,1-3H3,(H,33,42)(H2,27,29,30)(H3,28,34,35,41)/t13-,14-,15-,16-,19+,20?,25-,48?/m1/s1. The number of nitrogen functional groups attached to an aromatic ring is 2. The van der Waals surface area contributed by atoms with Crippen LogP contribution in [0.3, 0.4) is 0 Å². The third-order valence-electron chi connectivity index (χ3n) is 8.14. The van der Waals surface area contributed by atoms with E-state index < -0.39 is 62.9 Å². The Labute approximate surface area is 273 Å². The molecule has 2 saturated heterocycles. The highest BCUT2D eigenvalue weighted by Gasteiger charge is 2.48. The Balaban J connectivity index is 1.19. The zero-order valence-electron chi connectivity index (χ0n) is 26.4. The molecule has 6 rings (SSSR count). The number of hydrogen-bond donors (Lipinski definition) is 6. The fourth-order valence-electron chi connectivity index (χ4n) is 5.77. The van der Waals surface area contributed by atoms with Gasteiger partial charge in [0.2, 0.25) is 5.95 Å². The average Bonchev–Trinajstić information content (AvgIpc) is 3.82. The van der Waals surface area contributed by atoms with Gasteiger partial charge in [0, 0.05) is 20.1 Å². The molecule has 48 heavy (non-hydrogen) atoms. The number of methoxy groups -OCH3 is 1. The SMILES string of the molecule is COC1[C@@H](O)[C@@H](COP(=O)(NCCCN(C)C)O[C@@H]2C[C@H](n3cnc4c(=O)[nH]c(N)nc43)O[C@@H]2CO)O[C@H]1n1cnc2c(N)ncnc21. The second-order valence-corrected chi connectivity index (χ2v) is 13.4. The van der Waals surface area contributed by atoms with Crippen molar-refractivity contribution in [2.24, 2.45) is 0 Å². The molecule has 8 atom stereocenters. The summed E-state index contributed by atoms with van der Waals surface area (Å²) in [5.74, 6) is 0.0747. The highest BCUT2D eigenvalue weighted by molar-refractivity contribution is 7.51. The van der Waals surface area contributed by atoms with Crippen LogP contribution in [0, 0.1) is 0 Å². The maximum absolute atomic E-state index is 14.3. The van der Waals surface area contributed by atoms with Crippen LogP contribution >= 0.6 is 7.75 Å². The van der Waals surface area contributed by atoms with Gasteiger partial charge in [0.1, 0.15) is 48.6 Å². The molecule has 0 amide bonds. The molecule has 21 nitrogen and oxygen atoms in total. The van der Waals surface area contributed by atoms with E-state index >= 15 is 0 Å². The minimum absolute atomic E-state index is 0.0525. The molecule has 0 spiro atoms. The number of aliphatic hydroxyl groups is 2. The van der Waals surface area contributed by atoms with Crippen molar-refractivity contribution in [2.45, 2.75) is 55.8 Å². The molecule has 2 aliphatic rings. The van der Waals surface area contributed by atoms with Crippen LogP contribution < -0.4 is 22.1 Å². The number of nitrogens with one attached hydrogen (secondary N) is 2. The molecule has 2 unspecified atom stereocenters. The van der Waals surface area contributed by atoms with E-state index in [4.69, 9.17) is 34.7 Å². The van der Waals surface area contributed by atoms with E-state index in [0.717, 1.165) is 0 Å². The summed E-state index contributed by atoms with van der Waals surface area (Å²) in [6.07, 6.45) is -1.81. The second kappa shape index (κ2) is 14.1. The van der Waals surface area contributed by atoms with E-state index in [2.05, 4.69) is 35.0 Å². The van der Waals surface area contributed by atoms with Gasteiger partial charge in [0.25, 0.3) is 5.56 Å². The maximum atomic E-state index is 14.3. The summed E-state index contributed by atoms with van der Waals surface area (Å²) in [6, 6.07) is 0. The molecular formula is C26H39N12O9P. The third kappa shape index (κ3) is 6.79. The predicted molar refractivity (Wildman–Crippen MR) is 168 cm³/mol. The van der Waals surface area contributed by atoms with E-state index in [0.29, 0.717) is 24.1 Å². The number of H-pyrrole nitrogens is 1. The quantitative estimate of drug-likeness (QED) is 0.0663. The highest BCUT2D eigenvalue weighted by atomic mass is 31.2. The first-order valence-corrected chi connectivity index (χ1v) is 16.7. The van der Waals surface area contributed by atoms with Crippen molar-refractivity contribution in [3.63, 3.8) is 0 Å². The number of aromatic nitrogens is 8. The van der Waals surface area contributed by atoms with Gasteiger partial charge in [-0.05, 0) is 27.1 Å². The van der Waals surface area contributed by atoms with Crippen LogP contribution in [0.2, 0.25) is 0 Å². The number of nitrogens with two attached hydrogens (primary N) is 2. The van der Waals surface area contributed by atoms with E-state index in [1.807, 2.05) is 19.0 Å². The molecule has 0 aliphatic carbocycles. The molecule has 2 aliphatic heterocycles. The Morgan fingerprint density at radius 3 is 2.65 bits per heavy atom. The van der Waals surface area contributed by atoms with Crippen molar-refractivity contribution in [1.29, 1.82) is 0 Å². The summed E-state index contributed by atoms with van der Waals surface area (Å²) in [5.41, 5.74) is 12.1. The molecule has 262 valence electrons. The van der Waals surface area contributed by atoms with Crippen LogP contribution in [0.1, 0.15) is 25.3 Å². The van der Waals surface area contributed by atoms with Crippen LogP contribution in [0.5, 0.6) is 0 Å². The van der Waals surface area contributed by atoms with Crippen LogP contribution in [0.15, 0.2) is 23.8 Å². The number of nitrogens with zero attached hydrogens (tertiary/aromatic N) is 8. The molecule has 22 heteroatoms. The molecular weight excluding hydrogens is 655 g/mol. The molecule has 6 heterocycles. The van der Waals surface area contributed by atoms with Gasteiger partial charge in [-0.1, -0.05) is 0 Å². The Bertz CT molecular complexity index is 1830. The molecule has 4 aromatic rings. The lowest BCUT2D eigenvalue weighted by Gasteiger charge is -2.26. The third-order valence-corrected chi connectivity index (χ3v) is 9.79. The van der Waals surface area contributed by atoms with Crippen molar-refractivity contribution in [3.05, 3.63) is 29.3 Å². The largest absolute Gasteiger partial charge is 0.405 e. The molecule has 0 aromatic carbocycles. The smallest absolute Gasteiger partial charge is 0.394 e. The van der Waals surface area contributed by atoms with Gasteiger partial charge in [-0.15, -0.1) is 0 Å². The van der Waals surface area contributed by atoms with E-state index in [1.165, 1.54) is 30.7 Å². The van der Waals surface area contributed by atoms with Gasteiger partial charge in [0.15, 0.2) is 28.9 Å². The summed E-state index contributed by atoms with van der Waals surface area (Å²) < 4.78 is 47.1. The highest BCUT2D eigenvalue weighted by Crippen LogP contribution is 2.49. The van der Waals surface area contributed by atoms with Crippen molar-refractivity contribution in [2.75, 3.05) is 59.0 Å². The minimum Gasteiger partial charge on any atom is -0.394 e. The monoisotopic (exact) mass is 694 g/mol. The number of aromatic amines is 1. The lowest BCUT2D eigenvalue weighted by molar-refractivity contribution is -0.0597. The van der Waals surface area contributed by atoms with Crippen molar-refractivity contribution >= 4 is 41.8 Å². The number of ether oxygens (including phenoxy) is 3. The summed E-state index contributed by atoms with van der Waals surface area (Å²) in [6.45, 7) is 0.115. The Morgan fingerprint density at radius 1 is 1.12 bits per heavy atom. The lowest BCUT2D eigenvalue weighted by Crippen LogP contribution is -2.36. The van der Waals surface area contributed by atoms with Crippen LogP contribution in [-0.4, -0.2) is 132 Å². The molecule has 0 saturated carbocycles. The molecule has 0 bridgehead atoms. The molecule has 8 N–H and O–H groups in total. The van der Waals surface area contributed by atoms with E-state index in [-0.39, 0.29) is 42.5 Å². The Hall–Kier alpha value is -3.63. The van der Waals surface area contributed by atoms with Gasteiger partial charge in [-0.2, -0.15) is 4.98 Å². The van der Waals surface area contributed by atoms with Gasteiger partial charge < -0.3 is 40.8 Å². The summed E-state index contributed by atoms with van der Waals surface area (Å²) in [5, 5.41) is 24.2. The van der Waals surface area contributed by atoms with E-state index in [9.17, 15) is 19.6 Å². The Morgan fingerprint density at radius 2 is 1.90 bits per heavy atom. The molecule has 4 aromatic heterocycles. The minimum atomic E-state index is -4.14. The molecule has 0 radical (unpaired) electrons. The second-order valence-electron chi connectivity index (χ2n) is 11.7. The molecule has 2 fully saturated rings. The van der Waals surface area contributed by atoms with Gasteiger partial charge in [-0.25, -0.2) is 29.6 Å². The van der Waals surface area contributed by atoms with Crippen molar-refractivity contribution < 1.29 is 38.0 Å². The number of anilines is 2. The van der Waals surface area contributed by atoms with Gasteiger partial charge in [-0.3, -0.25) is 28.0 Å². The zero-order valence-corrected chi connectivity index (χ0v) is 27.3. The number of hydrogen-bond acceptors (Lipinski definition) is 17. The normalized spacial score (nSPS) is 27.4. The maximum Gasteiger partial charge on any atom is 0.405 e. The fourth-order valence-corrected chi connectivity index (χ4v) is 7.35. The first-order chi connectivity index (χ1) is 23.0. The lowest BCUT2D eigenvalue weighted by atomic mass is 10.1. The van der Waals surface area contributed by atoms with Crippen molar-refractivity contribution in [1.82, 2.24) is 49.0 Å². The number of imidazole rings is 2. The summed E-state index contributed by atoms with van der Waals surface area (Å²) >= 11 is 0. The van der Waals surface area contributed by atoms with Gasteiger partial charge >= 0.3 is 7.75 Å². The topological polar surface area (TPSA) is 278 Å². The zero-order chi connectivity index (χ0) is 34.2. The Kier molecular flexibility index (Phi) is 10.0.